The highest BCUT2D eigenvalue weighted by molar-refractivity contribution is 8.13. The van der Waals surface area contributed by atoms with E-state index in [0.717, 1.165) is 0 Å². The zero-order valence-electron chi connectivity index (χ0n) is 8.12. The third-order valence-electron chi connectivity index (χ3n) is 1.87. The number of alkyl halides is 3. The molecule has 0 radical (unpaired) electrons. The fourth-order valence-corrected chi connectivity index (χ4v) is 2.46. The van der Waals surface area contributed by atoms with Crippen LogP contribution in [0.4, 0.5) is 13.2 Å². The summed E-state index contributed by atoms with van der Waals surface area (Å²) in [5.74, 6) is -1.67. The SMILES string of the molecule is O=C(O)c1cc(S(=O)(=O)Cl)c(C(F)(F)F)cc1Cl. The van der Waals surface area contributed by atoms with E-state index in [9.17, 15) is 26.4 Å². The van der Waals surface area contributed by atoms with E-state index in [0.29, 0.717) is 0 Å². The van der Waals surface area contributed by atoms with Crippen molar-refractivity contribution < 1.29 is 31.5 Å². The summed E-state index contributed by atoms with van der Waals surface area (Å²) in [5, 5.41) is 7.91. The molecule has 0 saturated carbocycles. The van der Waals surface area contributed by atoms with Crippen molar-refractivity contribution in [3.05, 3.63) is 28.3 Å². The van der Waals surface area contributed by atoms with E-state index in [4.69, 9.17) is 27.4 Å². The average molecular weight is 323 g/mol. The molecule has 0 saturated heterocycles. The topological polar surface area (TPSA) is 71.4 Å². The van der Waals surface area contributed by atoms with Crippen molar-refractivity contribution in [2.45, 2.75) is 11.1 Å². The first-order chi connectivity index (χ1) is 7.94. The summed E-state index contributed by atoms with van der Waals surface area (Å²) >= 11 is 5.33. The van der Waals surface area contributed by atoms with Gasteiger partial charge in [-0.05, 0) is 12.1 Å². The van der Waals surface area contributed by atoms with Crippen molar-refractivity contribution in [3.8, 4) is 0 Å². The Hall–Kier alpha value is -0.990. The summed E-state index contributed by atoms with van der Waals surface area (Å²) in [6.07, 6.45) is -5.03. The Morgan fingerprint density at radius 2 is 1.78 bits per heavy atom. The first kappa shape index (κ1) is 15.1. The molecule has 0 aliphatic carbocycles. The van der Waals surface area contributed by atoms with Crippen LogP contribution in [0.5, 0.6) is 0 Å². The van der Waals surface area contributed by atoms with Crippen LogP contribution in [0.2, 0.25) is 5.02 Å². The van der Waals surface area contributed by atoms with Gasteiger partial charge in [-0.25, -0.2) is 13.2 Å². The van der Waals surface area contributed by atoms with Gasteiger partial charge >= 0.3 is 12.1 Å². The van der Waals surface area contributed by atoms with Gasteiger partial charge in [0.15, 0.2) is 0 Å². The number of hydrogen-bond acceptors (Lipinski definition) is 3. The molecule has 1 aromatic carbocycles. The summed E-state index contributed by atoms with van der Waals surface area (Å²) in [5.41, 5.74) is -2.41. The van der Waals surface area contributed by atoms with Crippen molar-refractivity contribution in [2.75, 3.05) is 0 Å². The second kappa shape index (κ2) is 4.60. The van der Waals surface area contributed by atoms with E-state index >= 15 is 0 Å². The Morgan fingerprint density at radius 3 is 2.11 bits per heavy atom. The van der Waals surface area contributed by atoms with Crippen LogP contribution in [0.1, 0.15) is 15.9 Å². The standard InChI is InChI=1S/C8H3Cl2F3O4S/c9-5-2-4(8(11,12)13)6(18(10,16)17)1-3(5)7(14)15/h1-2H,(H,14,15). The second-order valence-corrected chi connectivity index (χ2v) is 6.01. The van der Waals surface area contributed by atoms with Gasteiger partial charge < -0.3 is 5.11 Å². The Morgan fingerprint density at radius 1 is 1.28 bits per heavy atom. The molecule has 1 aromatic rings. The molecule has 0 heterocycles. The highest BCUT2D eigenvalue weighted by atomic mass is 35.7. The maximum atomic E-state index is 12.6. The normalized spacial score (nSPS) is 12.5. The third kappa shape index (κ3) is 3.06. The van der Waals surface area contributed by atoms with Crippen LogP contribution in [0.25, 0.3) is 0 Å². The smallest absolute Gasteiger partial charge is 0.417 e. The lowest BCUT2D eigenvalue weighted by molar-refractivity contribution is -0.139. The number of carboxylic acids is 1. The maximum absolute atomic E-state index is 12.6. The maximum Gasteiger partial charge on any atom is 0.417 e. The lowest BCUT2D eigenvalue weighted by Crippen LogP contribution is -2.13. The molecule has 0 aromatic heterocycles. The molecule has 1 N–H and O–H groups in total. The molecule has 0 amide bonds. The van der Waals surface area contributed by atoms with Gasteiger partial charge in [-0.3, -0.25) is 0 Å². The molecule has 0 spiro atoms. The third-order valence-corrected chi connectivity index (χ3v) is 3.54. The minimum atomic E-state index is -5.03. The van der Waals surface area contributed by atoms with Gasteiger partial charge in [0, 0.05) is 10.7 Å². The molecule has 0 atom stereocenters. The van der Waals surface area contributed by atoms with Gasteiger partial charge in [0.2, 0.25) is 0 Å². The van der Waals surface area contributed by atoms with Crippen molar-refractivity contribution in [2.24, 2.45) is 0 Å². The summed E-state index contributed by atoms with van der Waals surface area (Å²) in [7, 11) is 0.0758. The molecule has 10 heteroatoms. The lowest BCUT2D eigenvalue weighted by atomic mass is 10.1. The molecular weight excluding hydrogens is 320 g/mol. The van der Waals surface area contributed by atoms with Crippen LogP contribution in [0.15, 0.2) is 17.0 Å². The van der Waals surface area contributed by atoms with Crippen molar-refractivity contribution >= 4 is 37.3 Å². The molecule has 100 valence electrons. The van der Waals surface area contributed by atoms with Crippen LogP contribution in [-0.2, 0) is 15.2 Å². The Labute approximate surface area is 108 Å². The van der Waals surface area contributed by atoms with Gasteiger partial charge in [-0.15, -0.1) is 0 Å². The van der Waals surface area contributed by atoms with Crippen molar-refractivity contribution in [1.82, 2.24) is 0 Å². The van der Waals surface area contributed by atoms with Crippen molar-refractivity contribution in [1.29, 1.82) is 0 Å². The lowest BCUT2D eigenvalue weighted by Gasteiger charge is -2.12. The number of halogens is 5. The molecule has 0 aliphatic rings. The molecule has 0 aliphatic heterocycles. The summed E-state index contributed by atoms with van der Waals surface area (Å²) in [4.78, 5) is 9.31. The van der Waals surface area contributed by atoms with Gasteiger partial charge in [0.05, 0.1) is 21.0 Å². The number of aromatic carboxylic acids is 1. The molecular formula is C8H3Cl2F3O4S. The van der Waals surface area contributed by atoms with Gasteiger partial charge in [0.25, 0.3) is 9.05 Å². The van der Waals surface area contributed by atoms with Crippen molar-refractivity contribution in [3.63, 3.8) is 0 Å². The van der Waals surface area contributed by atoms with E-state index in [2.05, 4.69) is 0 Å². The van der Waals surface area contributed by atoms with Gasteiger partial charge in [-0.2, -0.15) is 13.2 Å². The summed E-state index contributed by atoms with van der Waals surface area (Å²) in [6.45, 7) is 0. The Balaban J connectivity index is 3.75. The highest BCUT2D eigenvalue weighted by Gasteiger charge is 2.38. The number of rotatable bonds is 2. The van der Waals surface area contributed by atoms with Crippen LogP contribution in [0, 0.1) is 0 Å². The summed E-state index contributed by atoms with van der Waals surface area (Å²) in [6, 6.07) is 0.482. The summed E-state index contributed by atoms with van der Waals surface area (Å²) < 4.78 is 59.7. The fraction of sp³-hybridized carbons (Fsp3) is 0.125. The Kier molecular flexibility index (Phi) is 3.85. The van der Waals surface area contributed by atoms with Crippen LogP contribution in [-0.4, -0.2) is 19.5 Å². The number of carboxylic acid groups (broad SMARTS) is 1. The Bertz CT molecular complexity index is 610. The molecule has 18 heavy (non-hydrogen) atoms. The van der Waals surface area contributed by atoms with E-state index in [1.165, 1.54) is 0 Å². The number of hydrogen-bond donors (Lipinski definition) is 1. The number of benzene rings is 1. The quantitative estimate of drug-likeness (QED) is 0.850. The van der Waals surface area contributed by atoms with E-state index in [-0.39, 0.29) is 12.1 Å². The minimum Gasteiger partial charge on any atom is -0.478 e. The predicted molar refractivity (Wildman–Crippen MR) is 56.5 cm³/mol. The zero-order valence-corrected chi connectivity index (χ0v) is 10.5. The molecule has 0 fully saturated rings. The van der Waals surface area contributed by atoms with Gasteiger partial charge in [0.1, 0.15) is 0 Å². The van der Waals surface area contributed by atoms with Gasteiger partial charge in [-0.1, -0.05) is 11.6 Å². The second-order valence-electron chi connectivity index (χ2n) is 3.07. The fourth-order valence-electron chi connectivity index (χ4n) is 1.14. The van der Waals surface area contributed by atoms with E-state index in [1.807, 2.05) is 0 Å². The average Bonchev–Trinajstić information content (AvgIpc) is 2.13. The minimum absolute atomic E-state index is 0.209. The first-order valence-corrected chi connectivity index (χ1v) is 6.72. The molecule has 1 rings (SSSR count). The largest absolute Gasteiger partial charge is 0.478 e. The van der Waals surface area contributed by atoms with E-state index in [1.54, 1.807) is 0 Å². The highest BCUT2D eigenvalue weighted by Crippen LogP contribution is 2.38. The molecule has 0 unspecified atom stereocenters. The van der Waals surface area contributed by atoms with Crippen LogP contribution >= 0.6 is 22.3 Å². The van der Waals surface area contributed by atoms with E-state index < -0.39 is 42.2 Å². The first-order valence-electron chi connectivity index (χ1n) is 4.03. The zero-order chi connectivity index (χ0) is 14.3. The molecule has 4 nitrogen and oxygen atoms in total. The number of carbonyl (C=O) groups is 1. The van der Waals surface area contributed by atoms with Crippen LogP contribution in [0.3, 0.4) is 0 Å². The monoisotopic (exact) mass is 322 g/mol. The molecule has 0 bridgehead atoms. The van der Waals surface area contributed by atoms with Crippen LogP contribution < -0.4 is 0 Å². The predicted octanol–water partition coefficient (Wildman–Crippen LogP) is 2.98.